The minimum atomic E-state index is -4.94. The molecule has 0 saturated heterocycles. The van der Waals surface area contributed by atoms with E-state index in [1.54, 1.807) is 23.0 Å². The summed E-state index contributed by atoms with van der Waals surface area (Å²) in [7, 11) is -4.07. The average molecular weight is 476 g/mol. The highest BCUT2D eigenvalue weighted by atomic mass is 32.2. The molecular weight excluding hydrogens is 461 g/mol. The van der Waals surface area contributed by atoms with Crippen molar-refractivity contribution in [3.63, 3.8) is 0 Å². The normalized spacial score (nSPS) is 12.0. The molecule has 0 radical (unpaired) electrons. The average Bonchev–Trinajstić information content (AvgIpc) is 3.25. The molecular formula is C21H15F3N4O4S. The molecule has 4 aromatic rings. The van der Waals surface area contributed by atoms with Gasteiger partial charge in [-0.3, -0.25) is 9.20 Å². The molecule has 33 heavy (non-hydrogen) atoms. The highest BCUT2D eigenvalue weighted by Crippen LogP contribution is 2.28. The maximum Gasteiger partial charge on any atom is 0.573 e. The van der Waals surface area contributed by atoms with E-state index < -0.39 is 21.9 Å². The third-order valence-corrected chi connectivity index (χ3v) is 6.31. The van der Waals surface area contributed by atoms with E-state index in [2.05, 4.69) is 20.0 Å². The third kappa shape index (κ3) is 5.12. The molecule has 0 spiro atoms. The van der Waals surface area contributed by atoms with Crippen LogP contribution in [0.25, 0.3) is 5.78 Å². The minimum absolute atomic E-state index is 0.114. The highest BCUT2D eigenvalue weighted by molar-refractivity contribution is 7.91. The van der Waals surface area contributed by atoms with E-state index in [4.69, 9.17) is 0 Å². The Morgan fingerprint density at radius 3 is 2.55 bits per heavy atom. The summed E-state index contributed by atoms with van der Waals surface area (Å²) in [5, 5.41) is 2.71. The maximum absolute atomic E-state index is 12.8. The molecule has 0 fully saturated rings. The van der Waals surface area contributed by atoms with Crippen LogP contribution in [0.4, 0.5) is 13.2 Å². The Bertz CT molecular complexity index is 1420. The Labute approximate surface area is 185 Å². The van der Waals surface area contributed by atoms with E-state index >= 15 is 0 Å². The summed E-state index contributed by atoms with van der Waals surface area (Å²) in [5.74, 6) is -0.554. The molecule has 0 aliphatic carbocycles. The lowest BCUT2D eigenvalue weighted by atomic mass is 10.2. The van der Waals surface area contributed by atoms with E-state index in [0.29, 0.717) is 16.9 Å². The Morgan fingerprint density at radius 2 is 1.82 bits per heavy atom. The van der Waals surface area contributed by atoms with Crippen LogP contribution in [0.3, 0.4) is 0 Å². The van der Waals surface area contributed by atoms with Crippen molar-refractivity contribution in [3.8, 4) is 5.75 Å². The van der Waals surface area contributed by atoms with Gasteiger partial charge in [-0.05, 0) is 35.9 Å². The van der Waals surface area contributed by atoms with Gasteiger partial charge in [0.05, 0.1) is 15.4 Å². The van der Waals surface area contributed by atoms with E-state index in [0.717, 1.165) is 18.2 Å². The molecule has 170 valence electrons. The lowest BCUT2D eigenvalue weighted by Crippen LogP contribution is -2.23. The fourth-order valence-electron chi connectivity index (χ4n) is 2.98. The number of ether oxygens (including phenoxy) is 1. The van der Waals surface area contributed by atoms with Gasteiger partial charge in [-0.25, -0.2) is 18.4 Å². The van der Waals surface area contributed by atoms with Crippen molar-refractivity contribution in [3.05, 3.63) is 84.4 Å². The zero-order valence-electron chi connectivity index (χ0n) is 16.7. The maximum atomic E-state index is 12.8. The number of hydrogen-bond donors (Lipinski definition) is 1. The topological polar surface area (TPSA) is 103 Å². The molecule has 0 atom stereocenters. The fourth-order valence-corrected chi connectivity index (χ4v) is 4.27. The van der Waals surface area contributed by atoms with Gasteiger partial charge in [-0.2, -0.15) is 0 Å². The molecule has 12 heteroatoms. The highest BCUT2D eigenvalue weighted by Gasteiger charge is 2.31. The number of rotatable bonds is 6. The lowest BCUT2D eigenvalue weighted by Gasteiger charge is -2.11. The number of imidazole rings is 1. The summed E-state index contributed by atoms with van der Waals surface area (Å²) in [6.45, 7) is 0.121. The summed E-state index contributed by atoms with van der Waals surface area (Å²) < 4.78 is 68.2. The second-order valence-corrected chi connectivity index (χ2v) is 8.78. The van der Waals surface area contributed by atoms with Crippen LogP contribution in [0, 0.1) is 0 Å². The van der Waals surface area contributed by atoms with Crippen molar-refractivity contribution in [1.82, 2.24) is 19.7 Å². The zero-order valence-corrected chi connectivity index (χ0v) is 17.5. The first kappa shape index (κ1) is 22.3. The summed E-state index contributed by atoms with van der Waals surface area (Å²) in [6, 6.07) is 9.79. The number of nitrogens with zero attached hydrogens (tertiary/aromatic N) is 3. The molecule has 2 aromatic heterocycles. The van der Waals surface area contributed by atoms with Gasteiger partial charge in [0, 0.05) is 31.3 Å². The molecule has 4 rings (SSSR count). The van der Waals surface area contributed by atoms with Crippen LogP contribution in [0.15, 0.2) is 83.1 Å². The molecule has 1 amide bonds. The second kappa shape index (κ2) is 8.54. The first-order chi connectivity index (χ1) is 15.6. The van der Waals surface area contributed by atoms with Crippen molar-refractivity contribution in [2.45, 2.75) is 22.7 Å². The first-order valence-electron chi connectivity index (χ1n) is 9.39. The molecule has 0 aliphatic rings. The fraction of sp³-hybridized carbons (Fsp3) is 0.0952. The predicted molar refractivity (Wildman–Crippen MR) is 109 cm³/mol. The summed E-state index contributed by atoms with van der Waals surface area (Å²) >= 11 is 0. The number of carbonyl (C=O) groups is 1. The van der Waals surface area contributed by atoms with E-state index in [1.165, 1.54) is 36.5 Å². The summed E-state index contributed by atoms with van der Waals surface area (Å²) in [5.41, 5.74) is 0.939. The molecule has 2 heterocycles. The molecule has 1 N–H and O–H groups in total. The lowest BCUT2D eigenvalue weighted by molar-refractivity contribution is -0.274. The van der Waals surface area contributed by atoms with Crippen LogP contribution in [0.5, 0.6) is 5.75 Å². The van der Waals surface area contributed by atoms with Crippen LogP contribution in [-0.4, -0.2) is 35.1 Å². The first-order valence-corrected chi connectivity index (χ1v) is 10.9. The third-order valence-electron chi connectivity index (χ3n) is 4.54. The van der Waals surface area contributed by atoms with Gasteiger partial charge in [0.1, 0.15) is 5.75 Å². The largest absolute Gasteiger partial charge is 0.573 e. The molecule has 8 nitrogen and oxygen atoms in total. The number of halogens is 3. The Morgan fingerprint density at radius 1 is 1.06 bits per heavy atom. The Balaban J connectivity index is 1.45. The number of benzene rings is 2. The predicted octanol–water partition coefficient (Wildman–Crippen LogP) is 3.39. The van der Waals surface area contributed by atoms with Crippen LogP contribution in [-0.2, 0) is 16.4 Å². The van der Waals surface area contributed by atoms with E-state index in [9.17, 15) is 26.4 Å². The molecule has 0 saturated carbocycles. The van der Waals surface area contributed by atoms with Gasteiger partial charge in [-0.1, -0.05) is 18.2 Å². The van der Waals surface area contributed by atoms with Crippen molar-refractivity contribution in [1.29, 1.82) is 0 Å². The Kier molecular flexibility index (Phi) is 5.77. The van der Waals surface area contributed by atoms with Crippen LogP contribution in [0.1, 0.15) is 15.9 Å². The van der Waals surface area contributed by atoms with Gasteiger partial charge in [0.25, 0.3) is 5.91 Å². The van der Waals surface area contributed by atoms with Gasteiger partial charge in [0.15, 0.2) is 0 Å². The standard InChI is InChI=1S/C21H15F3N4O4S/c22-21(23,24)32-16-2-1-3-18(10-16)33(30,31)17-6-4-14(5-7-17)11-26-19(29)15-12-27-20-25-8-9-28(20)13-15/h1-10,12-13H,11H2,(H,26,29). The minimum Gasteiger partial charge on any atom is -0.406 e. The molecule has 0 unspecified atom stereocenters. The summed E-state index contributed by atoms with van der Waals surface area (Å²) in [6.07, 6.45) is 1.25. The van der Waals surface area contributed by atoms with E-state index in [-0.39, 0.29) is 22.2 Å². The number of carbonyl (C=O) groups excluding carboxylic acids is 1. The van der Waals surface area contributed by atoms with Crippen molar-refractivity contribution >= 4 is 21.5 Å². The number of amides is 1. The number of aromatic nitrogens is 3. The van der Waals surface area contributed by atoms with Crippen LogP contribution in [0.2, 0.25) is 0 Å². The molecule has 2 aromatic carbocycles. The van der Waals surface area contributed by atoms with Gasteiger partial charge >= 0.3 is 6.36 Å². The monoisotopic (exact) mass is 476 g/mol. The SMILES string of the molecule is O=C(NCc1ccc(S(=O)(=O)c2cccc(OC(F)(F)F)c2)cc1)c1cnc2nccn2c1. The Hall–Kier alpha value is -3.93. The number of hydrogen-bond acceptors (Lipinski definition) is 6. The number of fused-ring (bicyclic) bond motifs is 1. The van der Waals surface area contributed by atoms with Crippen molar-refractivity contribution in [2.75, 3.05) is 0 Å². The van der Waals surface area contributed by atoms with Crippen LogP contribution >= 0.6 is 0 Å². The van der Waals surface area contributed by atoms with Crippen molar-refractivity contribution in [2.24, 2.45) is 0 Å². The number of alkyl halides is 3. The second-order valence-electron chi connectivity index (χ2n) is 6.83. The molecule has 0 aliphatic heterocycles. The number of nitrogens with one attached hydrogen (secondary N) is 1. The quantitative estimate of drug-likeness (QED) is 0.458. The van der Waals surface area contributed by atoms with Crippen LogP contribution < -0.4 is 10.1 Å². The summed E-state index contributed by atoms with van der Waals surface area (Å²) in [4.78, 5) is 20.0. The number of sulfone groups is 1. The molecule has 0 bridgehead atoms. The van der Waals surface area contributed by atoms with Gasteiger partial charge in [0.2, 0.25) is 15.6 Å². The zero-order chi connectivity index (χ0) is 23.6. The van der Waals surface area contributed by atoms with Crippen molar-refractivity contribution < 1.29 is 31.1 Å². The van der Waals surface area contributed by atoms with Gasteiger partial charge < -0.3 is 10.1 Å². The van der Waals surface area contributed by atoms with Gasteiger partial charge in [-0.15, -0.1) is 13.2 Å². The van der Waals surface area contributed by atoms with E-state index in [1.807, 2.05) is 0 Å². The smallest absolute Gasteiger partial charge is 0.406 e.